The summed E-state index contributed by atoms with van der Waals surface area (Å²) in [6, 6.07) is 0. The van der Waals surface area contributed by atoms with Crippen molar-refractivity contribution in [2.24, 2.45) is 5.73 Å². The molecule has 0 fully saturated rings. The van der Waals surface area contributed by atoms with Gasteiger partial charge in [-0.3, -0.25) is 4.79 Å². The van der Waals surface area contributed by atoms with Crippen LogP contribution in [0.5, 0.6) is 0 Å². The first-order valence-electron chi connectivity index (χ1n) is 4.20. The summed E-state index contributed by atoms with van der Waals surface area (Å²) in [7, 11) is 3.69. The molecule has 0 heterocycles. The summed E-state index contributed by atoms with van der Waals surface area (Å²) in [4.78, 5) is 11.6. The van der Waals surface area contributed by atoms with Gasteiger partial charge in [0.25, 0.3) is 0 Å². The number of aliphatic hydroxyl groups excluding tert-OH is 2. The van der Waals surface area contributed by atoms with Crippen LogP contribution in [0, 0.1) is 0 Å². The number of rotatable bonds is 4. The van der Waals surface area contributed by atoms with Gasteiger partial charge in [0.2, 0.25) is 5.91 Å². The Hall–Kier alpha value is -0.910. The fourth-order valence-corrected chi connectivity index (χ4v) is 0.479. The lowest BCUT2D eigenvalue weighted by Crippen LogP contribution is -2.28. The molecule has 0 bridgehead atoms. The van der Waals surface area contributed by atoms with Gasteiger partial charge in [-0.05, 0) is 21.0 Å². The van der Waals surface area contributed by atoms with E-state index in [-0.39, 0.29) is 6.61 Å². The highest BCUT2D eigenvalue weighted by molar-refractivity contribution is 5.90. The number of hydrogen-bond acceptors (Lipinski definition) is 4. The summed E-state index contributed by atoms with van der Waals surface area (Å²) >= 11 is 0. The van der Waals surface area contributed by atoms with E-state index in [1.54, 1.807) is 6.92 Å². The molecular weight excluding hydrogens is 184 g/mol. The number of aliphatic hydroxyl groups is 2. The molecule has 1 unspecified atom stereocenters. The Morgan fingerprint density at radius 3 is 2.00 bits per heavy atom. The van der Waals surface area contributed by atoms with Crippen molar-refractivity contribution in [3.63, 3.8) is 0 Å². The molecule has 84 valence electrons. The normalized spacial score (nSPS) is 11.6. The zero-order valence-corrected chi connectivity index (χ0v) is 9.03. The van der Waals surface area contributed by atoms with E-state index in [2.05, 4.69) is 6.58 Å². The molecule has 1 atom stereocenters. The maximum absolute atomic E-state index is 9.82. The van der Waals surface area contributed by atoms with Crippen molar-refractivity contribution in [2.75, 3.05) is 27.2 Å². The van der Waals surface area contributed by atoms with Crippen LogP contribution in [-0.2, 0) is 4.79 Å². The van der Waals surface area contributed by atoms with Crippen LogP contribution < -0.4 is 5.73 Å². The van der Waals surface area contributed by atoms with E-state index in [0.717, 1.165) is 0 Å². The van der Waals surface area contributed by atoms with Gasteiger partial charge in [-0.2, -0.15) is 0 Å². The summed E-state index contributed by atoms with van der Waals surface area (Å²) < 4.78 is 0. The van der Waals surface area contributed by atoms with Crippen molar-refractivity contribution in [1.29, 1.82) is 0 Å². The average Bonchev–Trinajstić information content (AvgIpc) is 2.04. The molecular formula is C9H20N2O3. The molecule has 1 amide bonds. The Morgan fingerprint density at radius 2 is 1.93 bits per heavy atom. The molecule has 5 nitrogen and oxygen atoms in total. The van der Waals surface area contributed by atoms with Gasteiger partial charge >= 0.3 is 0 Å². The second-order valence-corrected chi connectivity index (χ2v) is 3.24. The Morgan fingerprint density at radius 1 is 1.57 bits per heavy atom. The second kappa shape index (κ2) is 8.68. The quantitative estimate of drug-likeness (QED) is 0.510. The maximum atomic E-state index is 9.82. The molecule has 0 saturated heterocycles. The van der Waals surface area contributed by atoms with Crippen LogP contribution >= 0.6 is 0 Å². The first kappa shape index (κ1) is 15.6. The minimum Gasteiger partial charge on any atom is -0.394 e. The van der Waals surface area contributed by atoms with E-state index in [1.165, 1.54) is 0 Å². The van der Waals surface area contributed by atoms with Gasteiger partial charge in [0.15, 0.2) is 0 Å². The predicted octanol–water partition coefficient (Wildman–Crippen LogP) is -1.05. The molecule has 4 N–H and O–H groups in total. The highest BCUT2D eigenvalue weighted by Crippen LogP contribution is 1.81. The van der Waals surface area contributed by atoms with E-state index >= 15 is 0 Å². The van der Waals surface area contributed by atoms with Crippen molar-refractivity contribution in [2.45, 2.75) is 13.0 Å². The number of likely N-dealkylation sites (N-methyl/N-ethyl adjacent to an activating group) is 1. The van der Waals surface area contributed by atoms with Gasteiger partial charge in [0.1, 0.15) is 0 Å². The predicted molar refractivity (Wildman–Crippen MR) is 55.7 cm³/mol. The van der Waals surface area contributed by atoms with E-state index in [1.807, 2.05) is 19.0 Å². The van der Waals surface area contributed by atoms with Gasteiger partial charge in [-0.1, -0.05) is 6.58 Å². The lowest BCUT2D eigenvalue weighted by atomic mass is 10.3. The van der Waals surface area contributed by atoms with Gasteiger partial charge < -0.3 is 20.8 Å². The molecule has 0 aliphatic carbocycles. The van der Waals surface area contributed by atoms with Crippen LogP contribution in [-0.4, -0.2) is 54.4 Å². The Bertz CT molecular complexity index is 169. The molecule has 0 radical (unpaired) electrons. The summed E-state index contributed by atoms with van der Waals surface area (Å²) in [6.07, 6.45) is -0.593. The van der Waals surface area contributed by atoms with Crippen LogP contribution in [0.3, 0.4) is 0 Å². The number of nitrogens with two attached hydrogens (primary N) is 1. The number of carbonyl (C=O) groups is 1. The van der Waals surface area contributed by atoms with Gasteiger partial charge in [0.05, 0.1) is 12.7 Å². The fourth-order valence-electron chi connectivity index (χ4n) is 0.479. The monoisotopic (exact) mass is 204 g/mol. The highest BCUT2D eigenvalue weighted by atomic mass is 16.3. The SMILES string of the molecule is C=C(C)C(N)=O.CN(C)CC(O)CO. The van der Waals surface area contributed by atoms with Crippen LogP contribution in [0.25, 0.3) is 0 Å². The van der Waals surface area contributed by atoms with Gasteiger partial charge in [-0.25, -0.2) is 0 Å². The van der Waals surface area contributed by atoms with Crippen LogP contribution in [0.15, 0.2) is 12.2 Å². The molecule has 0 rings (SSSR count). The van der Waals surface area contributed by atoms with E-state index in [0.29, 0.717) is 12.1 Å². The molecule has 5 heteroatoms. The number of primary amides is 1. The van der Waals surface area contributed by atoms with Crippen molar-refractivity contribution in [1.82, 2.24) is 4.90 Å². The van der Waals surface area contributed by atoms with Crippen molar-refractivity contribution in [3.05, 3.63) is 12.2 Å². The van der Waals surface area contributed by atoms with Crippen molar-refractivity contribution < 1.29 is 15.0 Å². The van der Waals surface area contributed by atoms with E-state index < -0.39 is 12.0 Å². The molecule has 0 aromatic rings. The fraction of sp³-hybridized carbons (Fsp3) is 0.667. The summed E-state index contributed by atoms with van der Waals surface area (Å²) in [5.41, 5.74) is 5.09. The number of nitrogens with zero attached hydrogens (tertiary/aromatic N) is 1. The van der Waals surface area contributed by atoms with E-state index in [4.69, 9.17) is 15.9 Å². The molecule has 0 aliphatic heterocycles. The second-order valence-electron chi connectivity index (χ2n) is 3.24. The van der Waals surface area contributed by atoms with E-state index in [9.17, 15) is 4.79 Å². The van der Waals surface area contributed by atoms with Crippen LogP contribution in [0.2, 0.25) is 0 Å². The third-order valence-electron chi connectivity index (χ3n) is 1.21. The first-order valence-corrected chi connectivity index (χ1v) is 4.20. The zero-order valence-electron chi connectivity index (χ0n) is 9.03. The number of amides is 1. The molecule has 0 aromatic heterocycles. The third-order valence-corrected chi connectivity index (χ3v) is 1.21. The maximum Gasteiger partial charge on any atom is 0.243 e. The lowest BCUT2D eigenvalue weighted by molar-refractivity contribution is -0.114. The topological polar surface area (TPSA) is 86.8 Å². The Kier molecular flexibility index (Phi) is 9.64. The summed E-state index contributed by atoms with van der Waals surface area (Å²) in [6.45, 7) is 5.22. The number of hydrogen-bond donors (Lipinski definition) is 3. The summed E-state index contributed by atoms with van der Waals surface area (Å²) in [5.74, 6) is -0.435. The number of carbonyl (C=O) groups excluding carboxylic acids is 1. The molecule has 14 heavy (non-hydrogen) atoms. The van der Waals surface area contributed by atoms with Gasteiger partial charge in [0, 0.05) is 12.1 Å². The van der Waals surface area contributed by atoms with Crippen molar-refractivity contribution in [3.8, 4) is 0 Å². The molecule has 0 spiro atoms. The highest BCUT2D eigenvalue weighted by Gasteiger charge is 2.00. The lowest BCUT2D eigenvalue weighted by Gasteiger charge is -2.12. The average molecular weight is 204 g/mol. The third kappa shape index (κ3) is 13.7. The molecule has 0 aliphatic rings. The Labute approximate surface area is 84.8 Å². The molecule has 0 saturated carbocycles. The standard InChI is InChI=1S/C5H13NO2.C4H7NO/c1-6(2)3-5(8)4-7;1-3(2)4(5)6/h5,7-8H,3-4H2,1-2H3;1H2,2H3,(H2,5,6). The van der Waals surface area contributed by atoms with Crippen LogP contribution in [0.4, 0.5) is 0 Å². The largest absolute Gasteiger partial charge is 0.394 e. The first-order chi connectivity index (χ1) is 6.31. The Balaban J connectivity index is 0. The summed E-state index contributed by atoms with van der Waals surface area (Å²) in [5, 5.41) is 17.0. The minimum atomic E-state index is -0.593. The minimum absolute atomic E-state index is 0.155. The molecule has 0 aromatic carbocycles. The van der Waals surface area contributed by atoms with Crippen LogP contribution in [0.1, 0.15) is 6.92 Å². The smallest absolute Gasteiger partial charge is 0.243 e. The van der Waals surface area contributed by atoms with Crippen molar-refractivity contribution >= 4 is 5.91 Å². The van der Waals surface area contributed by atoms with Gasteiger partial charge in [-0.15, -0.1) is 0 Å². The zero-order chi connectivity index (χ0) is 11.7.